The summed E-state index contributed by atoms with van der Waals surface area (Å²) in [6.45, 7) is 13.8. The zero-order chi connectivity index (χ0) is 26.9. The van der Waals surface area contributed by atoms with Gasteiger partial charge in [-0.3, -0.25) is 9.69 Å². The molecule has 3 aromatic rings. The number of hydrogen-bond donors (Lipinski definition) is 3. The lowest BCUT2D eigenvalue weighted by atomic mass is 10.0. The normalized spacial score (nSPS) is 12.2. The van der Waals surface area contributed by atoms with Gasteiger partial charge in [0.15, 0.2) is 0 Å². The summed E-state index contributed by atoms with van der Waals surface area (Å²) >= 11 is 1.70. The summed E-state index contributed by atoms with van der Waals surface area (Å²) in [6.07, 6.45) is -0.0760. The third-order valence-corrected chi connectivity index (χ3v) is 7.41. The Bertz CT molecular complexity index is 1170. The number of ether oxygens (including phenoxy) is 1. The molecule has 0 aliphatic heterocycles. The molecule has 0 bridgehead atoms. The minimum atomic E-state index is -0.815. The van der Waals surface area contributed by atoms with Crippen molar-refractivity contribution in [2.45, 2.75) is 53.7 Å². The van der Waals surface area contributed by atoms with E-state index in [4.69, 9.17) is 14.2 Å². The number of hydrogen-bond acceptors (Lipinski definition) is 9. The SMILES string of the molecule is CCc1cc(-c2noc(-c3cc(C)c(CN(CC)CC)s3)n2)cc(C)c1OC[C@@H](O)CNC(=O)CNC. The van der Waals surface area contributed by atoms with E-state index in [1.54, 1.807) is 18.4 Å². The number of carbonyl (C=O) groups is 1. The monoisotopic (exact) mass is 529 g/mol. The molecule has 37 heavy (non-hydrogen) atoms. The maximum absolute atomic E-state index is 11.6. The highest BCUT2D eigenvalue weighted by Gasteiger charge is 2.18. The van der Waals surface area contributed by atoms with Gasteiger partial charge in [0.2, 0.25) is 11.7 Å². The zero-order valence-corrected chi connectivity index (χ0v) is 23.5. The molecule has 0 saturated carbocycles. The predicted octanol–water partition coefficient (Wildman–Crippen LogP) is 3.56. The highest BCUT2D eigenvalue weighted by Crippen LogP contribution is 2.34. The molecule has 0 aliphatic carbocycles. The number of nitrogens with zero attached hydrogens (tertiary/aromatic N) is 3. The Labute approximate surface area is 223 Å². The van der Waals surface area contributed by atoms with Crippen molar-refractivity contribution < 1.29 is 19.2 Å². The van der Waals surface area contributed by atoms with Gasteiger partial charge in [-0.05, 0) is 75.3 Å². The number of aliphatic hydroxyl groups excluding tert-OH is 1. The highest BCUT2D eigenvalue weighted by molar-refractivity contribution is 7.15. The fraction of sp³-hybridized carbons (Fsp3) is 0.519. The van der Waals surface area contributed by atoms with Crippen LogP contribution in [0.25, 0.3) is 22.2 Å². The van der Waals surface area contributed by atoms with Gasteiger partial charge in [0.25, 0.3) is 5.89 Å². The van der Waals surface area contributed by atoms with Gasteiger partial charge in [-0.15, -0.1) is 11.3 Å². The molecule has 2 aromatic heterocycles. The Morgan fingerprint density at radius 2 is 1.95 bits per heavy atom. The fourth-order valence-corrected chi connectivity index (χ4v) is 5.15. The summed E-state index contributed by atoms with van der Waals surface area (Å²) < 4.78 is 11.6. The largest absolute Gasteiger partial charge is 0.490 e. The van der Waals surface area contributed by atoms with E-state index < -0.39 is 6.10 Å². The highest BCUT2D eigenvalue weighted by atomic mass is 32.1. The van der Waals surface area contributed by atoms with Crippen molar-refractivity contribution in [3.05, 3.63) is 39.8 Å². The van der Waals surface area contributed by atoms with Gasteiger partial charge in [0.1, 0.15) is 18.5 Å². The molecule has 1 aromatic carbocycles. The maximum atomic E-state index is 11.6. The Kier molecular flexibility index (Phi) is 10.6. The van der Waals surface area contributed by atoms with Crippen molar-refractivity contribution in [1.82, 2.24) is 25.7 Å². The van der Waals surface area contributed by atoms with Crippen LogP contribution in [0.1, 0.15) is 42.3 Å². The van der Waals surface area contributed by atoms with Gasteiger partial charge in [0, 0.05) is 23.5 Å². The van der Waals surface area contributed by atoms with Crippen molar-refractivity contribution in [2.24, 2.45) is 0 Å². The number of aromatic nitrogens is 2. The van der Waals surface area contributed by atoms with Gasteiger partial charge in [-0.25, -0.2) is 0 Å². The summed E-state index contributed by atoms with van der Waals surface area (Å²) in [5.74, 6) is 1.61. The quantitative estimate of drug-likeness (QED) is 0.291. The van der Waals surface area contributed by atoms with Gasteiger partial charge < -0.3 is 25.0 Å². The van der Waals surface area contributed by atoms with Crippen LogP contribution in [-0.4, -0.2) is 72.0 Å². The van der Waals surface area contributed by atoms with E-state index in [-0.39, 0.29) is 25.6 Å². The first-order chi connectivity index (χ1) is 17.8. The van der Waals surface area contributed by atoms with Crippen molar-refractivity contribution >= 4 is 17.2 Å². The number of amides is 1. The Morgan fingerprint density at radius 1 is 1.19 bits per heavy atom. The number of benzene rings is 1. The van der Waals surface area contributed by atoms with Crippen LogP contribution >= 0.6 is 11.3 Å². The van der Waals surface area contributed by atoms with Crippen LogP contribution in [0.4, 0.5) is 0 Å². The molecule has 202 valence electrons. The van der Waals surface area contributed by atoms with E-state index in [9.17, 15) is 9.90 Å². The van der Waals surface area contributed by atoms with E-state index in [1.165, 1.54) is 10.4 Å². The first-order valence-electron chi connectivity index (χ1n) is 12.8. The molecular weight excluding hydrogens is 490 g/mol. The van der Waals surface area contributed by atoms with E-state index >= 15 is 0 Å². The Morgan fingerprint density at radius 3 is 2.62 bits per heavy atom. The van der Waals surface area contributed by atoms with Crippen LogP contribution in [0.2, 0.25) is 0 Å². The van der Waals surface area contributed by atoms with Crippen LogP contribution in [0.3, 0.4) is 0 Å². The molecule has 1 amide bonds. The summed E-state index contributed by atoms with van der Waals surface area (Å²) in [5.41, 5.74) is 4.00. The lowest BCUT2D eigenvalue weighted by Crippen LogP contribution is -2.39. The van der Waals surface area contributed by atoms with Crippen LogP contribution in [0.5, 0.6) is 5.75 Å². The van der Waals surface area contributed by atoms with Crippen molar-refractivity contribution in [1.29, 1.82) is 0 Å². The minimum absolute atomic E-state index is 0.0763. The van der Waals surface area contributed by atoms with E-state index in [0.29, 0.717) is 11.7 Å². The molecule has 0 aliphatic rings. The number of aryl methyl sites for hydroxylation is 3. The fourth-order valence-electron chi connectivity index (χ4n) is 4.01. The summed E-state index contributed by atoms with van der Waals surface area (Å²) in [7, 11) is 1.70. The van der Waals surface area contributed by atoms with E-state index in [1.807, 2.05) is 26.0 Å². The number of likely N-dealkylation sites (N-methyl/N-ethyl adjacent to an activating group) is 1. The van der Waals surface area contributed by atoms with E-state index in [2.05, 4.69) is 47.5 Å². The second-order valence-electron chi connectivity index (χ2n) is 9.04. The smallest absolute Gasteiger partial charge is 0.268 e. The van der Waals surface area contributed by atoms with Crippen LogP contribution in [0, 0.1) is 13.8 Å². The molecule has 2 heterocycles. The lowest BCUT2D eigenvalue weighted by molar-refractivity contribution is -0.120. The van der Waals surface area contributed by atoms with Gasteiger partial charge >= 0.3 is 0 Å². The Balaban J connectivity index is 1.72. The first kappa shape index (κ1) is 28.8. The number of aliphatic hydroxyl groups is 1. The number of thiophene rings is 1. The third-order valence-electron chi connectivity index (χ3n) is 6.20. The van der Waals surface area contributed by atoms with Crippen molar-refractivity contribution in [3.63, 3.8) is 0 Å². The molecule has 9 nitrogen and oxygen atoms in total. The molecule has 0 unspecified atom stereocenters. The average molecular weight is 530 g/mol. The first-order valence-corrected chi connectivity index (χ1v) is 13.6. The molecule has 10 heteroatoms. The van der Waals surface area contributed by atoms with Gasteiger partial charge in [-0.1, -0.05) is 25.9 Å². The second kappa shape index (κ2) is 13.7. The molecular formula is C27H39N5O4S. The third kappa shape index (κ3) is 7.61. The minimum Gasteiger partial charge on any atom is -0.490 e. The van der Waals surface area contributed by atoms with Crippen LogP contribution in [0.15, 0.2) is 22.7 Å². The number of carbonyl (C=O) groups excluding carboxylic acids is 1. The predicted molar refractivity (Wildman–Crippen MR) is 147 cm³/mol. The Hall–Kier alpha value is -2.79. The lowest BCUT2D eigenvalue weighted by Gasteiger charge is -2.17. The summed E-state index contributed by atoms with van der Waals surface area (Å²) in [6, 6.07) is 6.09. The number of nitrogens with one attached hydrogen (secondary N) is 2. The molecule has 3 rings (SSSR count). The second-order valence-corrected chi connectivity index (χ2v) is 10.2. The average Bonchev–Trinajstić information content (AvgIpc) is 3.52. The molecule has 3 N–H and O–H groups in total. The topological polar surface area (TPSA) is 113 Å². The molecule has 0 radical (unpaired) electrons. The van der Waals surface area contributed by atoms with E-state index in [0.717, 1.165) is 53.4 Å². The summed E-state index contributed by atoms with van der Waals surface area (Å²) in [5, 5.41) is 19.9. The van der Waals surface area contributed by atoms with Crippen molar-refractivity contribution in [2.75, 3.05) is 39.8 Å². The maximum Gasteiger partial charge on any atom is 0.268 e. The van der Waals surface area contributed by atoms with Crippen LogP contribution in [-0.2, 0) is 17.8 Å². The molecule has 0 spiro atoms. The molecule has 0 saturated heterocycles. The number of rotatable bonds is 14. The van der Waals surface area contributed by atoms with Gasteiger partial charge in [0.05, 0.1) is 11.4 Å². The molecule has 1 atom stereocenters. The molecule has 0 fully saturated rings. The van der Waals surface area contributed by atoms with Crippen LogP contribution < -0.4 is 15.4 Å². The standard InChI is InChI=1S/C27H39N5O4S/c1-7-19-12-20(10-18(5)25(19)35-16-21(33)13-29-24(34)14-28-6)26-30-27(36-31-26)22-11-17(4)23(37-22)15-32(8-2)9-3/h10-12,21,28,33H,7-9,13-16H2,1-6H3,(H,29,34)/t21-/m0/s1. The summed E-state index contributed by atoms with van der Waals surface area (Å²) in [4.78, 5) is 20.9. The van der Waals surface area contributed by atoms with Crippen molar-refractivity contribution in [3.8, 4) is 27.9 Å². The van der Waals surface area contributed by atoms with Gasteiger partial charge in [-0.2, -0.15) is 4.98 Å². The zero-order valence-electron chi connectivity index (χ0n) is 22.7.